The Morgan fingerprint density at radius 2 is 2.12 bits per heavy atom. The molecule has 1 atom stereocenters. The highest BCUT2D eigenvalue weighted by atomic mass is 127. The highest BCUT2D eigenvalue weighted by Gasteiger charge is 2.38. The standard InChI is InChI=1S/C13H15IO3/c1-2-17-12(15)13(16,9-6-10-14)11-7-4-3-5-8-11/h3-8,10,16H,2,9H2,1H3/b10-6-/t13-/m0/s1. The minimum absolute atomic E-state index is 0.207. The molecule has 0 aromatic heterocycles. The molecule has 0 saturated carbocycles. The molecule has 0 bridgehead atoms. The summed E-state index contributed by atoms with van der Waals surface area (Å²) in [6.45, 7) is 1.97. The van der Waals surface area contributed by atoms with Crippen LogP contribution in [0.5, 0.6) is 0 Å². The lowest BCUT2D eigenvalue weighted by atomic mass is 9.90. The van der Waals surface area contributed by atoms with E-state index in [1.807, 2.05) is 28.7 Å². The average Bonchev–Trinajstić information content (AvgIpc) is 2.37. The minimum Gasteiger partial charge on any atom is -0.464 e. The zero-order valence-corrected chi connectivity index (χ0v) is 11.8. The SMILES string of the molecule is CCOC(=O)[C@](O)(C/C=C\I)c1ccccc1. The van der Waals surface area contributed by atoms with Gasteiger partial charge in [-0.2, -0.15) is 0 Å². The number of hydrogen-bond donors (Lipinski definition) is 1. The molecular weight excluding hydrogens is 331 g/mol. The summed E-state index contributed by atoms with van der Waals surface area (Å²) in [7, 11) is 0. The number of benzene rings is 1. The molecule has 0 saturated heterocycles. The van der Waals surface area contributed by atoms with Crippen LogP contribution in [0.2, 0.25) is 0 Å². The van der Waals surface area contributed by atoms with E-state index >= 15 is 0 Å². The lowest BCUT2D eigenvalue weighted by Crippen LogP contribution is -2.37. The monoisotopic (exact) mass is 346 g/mol. The van der Waals surface area contributed by atoms with Crippen molar-refractivity contribution in [3.8, 4) is 0 Å². The molecule has 4 heteroatoms. The summed E-state index contributed by atoms with van der Waals surface area (Å²) in [6, 6.07) is 8.85. The molecule has 3 nitrogen and oxygen atoms in total. The number of aliphatic hydroxyl groups is 1. The smallest absolute Gasteiger partial charge is 0.343 e. The van der Waals surface area contributed by atoms with Gasteiger partial charge in [0.2, 0.25) is 0 Å². The van der Waals surface area contributed by atoms with Crippen molar-refractivity contribution in [2.75, 3.05) is 6.61 Å². The van der Waals surface area contributed by atoms with E-state index in [4.69, 9.17) is 4.74 Å². The van der Waals surface area contributed by atoms with Crippen LogP contribution >= 0.6 is 22.6 Å². The molecule has 1 aromatic carbocycles. The number of ether oxygens (including phenoxy) is 1. The van der Waals surface area contributed by atoms with Gasteiger partial charge in [0, 0.05) is 6.42 Å². The van der Waals surface area contributed by atoms with E-state index < -0.39 is 11.6 Å². The zero-order valence-electron chi connectivity index (χ0n) is 9.60. The Hall–Kier alpha value is -0.880. The normalized spacial score (nSPS) is 14.5. The van der Waals surface area contributed by atoms with Gasteiger partial charge in [-0.25, -0.2) is 4.79 Å². The van der Waals surface area contributed by atoms with Crippen molar-refractivity contribution in [2.45, 2.75) is 18.9 Å². The first-order valence-corrected chi connectivity index (χ1v) is 6.60. The molecule has 0 aliphatic heterocycles. The van der Waals surface area contributed by atoms with Gasteiger partial charge in [-0.05, 0) is 16.6 Å². The molecule has 0 heterocycles. The van der Waals surface area contributed by atoms with Crippen molar-refractivity contribution in [3.63, 3.8) is 0 Å². The molecule has 0 aliphatic carbocycles. The van der Waals surface area contributed by atoms with E-state index in [0.29, 0.717) is 5.56 Å². The summed E-state index contributed by atoms with van der Waals surface area (Å²) >= 11 is 2.05. The van der Waals surface area contributed by atoms with Crippen molar-refractivity contribution in [1.82, 2.24) is 0 Å². The van der Waals surface area contributed by atoms with Gasteiger partial charge in [-0.3, -0.25) is 0 Å². The number of carbonyl (C=O) groups excluding carboxylic acids is 1. The van der Waals surface area contributed by atoms with Gasteiger partial charge in [0.15, 0.2) is 5.60 Å². The van der Waals surface area contributed by atoms with Crippen LogP contribution in [-0.2, 0) is 15.1 Å². The molecule has 0 unspecified atom stereocenters. The first-order chi connectivity index (χ1) is 8.15. The summed E-state index contributed by atoms with van der Waals surface area (Å²) in [6.07, 6.45) is 1.95. The second-order valence-corrected chi connectivity index (χ2v) is 4.23. The summed E-state index contributed by atoms with van der Waals surface area (Å²) in [5.74, 6) is -0.610. The van der Waals surface area contributed by atoms with Gasteiger partial charge in [-0.15, -0.1) is 0 Å². The molecule has 0 amide bonds. The number of halogens is 1. The Bertz CT molecular complexity index is 389. The minimum atomic E-state index is -1.60. The second-order valence-electron chi connectivity index (χ2n) is 3.51. The molecule has 0 aliphatic rings. The van der Waals surface area contributed by atoms with Gasteiger partial charge >= 0.3 is 5.97 Å². The lowest BCUT2D eigenvalue weighted by molar-refractivity contribution is -0.166. The molecular formula is C13H15IO3. The van der Waals surface area contributed by atoms with Crippen LogP contribution in [0.1, 0.15) is 18.9 Å². The highest BCUT2D eigenvalue weighted by Crippen LogP contribution is 2.27. The first-order valence-electron chi connectivity index (χ1n) is 5.35. The van der Waals surface area contributed by atoms with Crippen molar-refractivity contribution in [2.24, 2.45) is 0 Å². The summed E-state index contributed by atoms with van der Waals surface area (Å²) < 4.78 is 6.70. The van der Waals surface area contributed by atoms with Crippen molar-refractivity contribution < 1.29 is 14.6 Å². The van der Waals surface area contributed by atoms with Crippen molar-refractivity contribution in [3.05, 3.63) is 46.1 Å². The van der Waals surface area contributed by atoms with E-state index in [1.54, 1.807) is 41.3 Å². The van der Waals surface area contributed by atoms with Crippen LogP contribution in [0.4, 0.5) is 0 Å². The molecule has 0 spiro atoms. The summed E-state index contributed by atoms with van der Waals surface area (Å²) in [5.41, 5.74) is -1.05. The van der Waals surface area contributed by atoms with E-state index in [2.05, 4.69) is 0 Å². The Labute approximate surface area is 115 Å². The van der Waals surface area contributed by atoms with Gasteiger partial charge < -0.3 is 9.84 Å². The Morgan fingerprint density at radius 1 is 1.47 bits per heavy atom. The molecule has 0 radical (unpaired) electrons. The van der Waals surface area contributed by atoms with Crippen molar-refractivity contribution in [1.29, 1.82) is 0 Å². The maximum atomic E-state index is 11.9. The summed E-state index contributed by atoms with van der Waals surface area (Å²) in [4.78, 5) is 11.9. The molecule has 1 aromatic rings. The zero-order chi connectivity index (χ0) is 12.7. The molecule has 17 heavy (non-hydrogen) atoms. The molecule has 1 N–H and O–H groups in total. The maximum absolute atomic E-state index is 11.9. The predicted octanol–water partition coefficient (Wildman–Crippen LogP) is 2.78. The van der Waals surface area contributed by atoms with Crippen LogP contribution in [0.3, 0.4) is 0 Å². The first kappa shape index (κ1) is 14.2. The lowest BCUT2D eigenvalue weighted by Gasteiger charge is -2.24. The third-order valence-corrected chi connectivity index (χ3v) is 2.88. The Morgan fingerprint density at radius 3 is 2.65 bits per heavy atom. The Kier molecular flexibility index (Phi) is 5.64. The third-order valence-electron chi connectivity index (χ3n) is 2.37. The quantitative estimate of drug-likeness (QED) is 0.659. The van der Waals surface area contributed by atoms with Crippen LogP contribution in [0.25, 0.3) is 0 Å². The fraction of sp³-hybridized carbons (Fsp3) is 0.308. The van der Waals surface area contributed by atoms with Crippen LogP contribution in [-0.4, -0.2) is 17.7 Å². The number of esters is 1. The van der Waals surface area contributed by atoms with Gasteiger partial charge in [0.25, 0.3) is 0 Å². The second kappa shape index (κ2) is 6.76. The van der Waals surface area contributed by atoms with Gasteiger partial charge in [0.05, 0.1) is 6.61 Å². The largest absolute Gasteiger partial charge is 0.464 e. The fourth-order valence-corrected chi connectivity index (χ4v) is 1.75. The van der Waals surface area contributed by atoms with Gasteiger partial charge in [-0.1, -0.05) is 59.0 Å². The van der Waals surface area contributed by atoms with Crippen LogP contribution in [0.15, 0.2) is 40.5 Å². The van der Waals surface area contributed by atoms with E-state index in [-0.39, 0.29) is 13.0 Å². The molecule has 92 valence electrons. The highest BCUT2D eigenvalue weighted by molar-refractivity contribution is 14.1. The van der Waals surface area contributed by atoms with Crippen LogP contribution in [0, 0.1) is 0 Å². The maximum Gasteiger partial charge on any atom is 0.343 e. The average molecular weight is 346 g/mol. The van der Waals surface area contributed by atoms with Crippen molar-refractivity contribution >= 4 is 28.6 Å². The molecule has 1 rings (SSSR count). The summed E-state index contributed by atoms with van der Waals surface area (Å²) in [5, 5.41) is 10.5. The predicted molar refractivity (Wildman–Crippen MR) is 74.7 cm³/mol. The van der Waals surface area contributed by atoms with E-state index in [0.717, 1.165) is 0 Å². The number of hydrogen-bond acceptors (Lipinski definition) is 3. The number of carbonyl (C=O) groups is 1. The Balaban J connectivity index is 3.05. The van der Waals surface area contributed by atoms with Gasteiger partial charge in [0.1, 0.15) is 0 Å². The molecule has 0 fully saturated rings. The fourth-order valence-electron chi connectivity index (χ4n) is 1.50. The van der Waals surface area contributed by atoms with Crippen LogP contribution < -0.4 is 0 Å². The third kappa shape index (κ3) is 3.54. The number of rotatable bonds is 5. The topological polar surface area (TPSA) is 46.5 Å². The van der Waals surface area contributed by atoms with E-state index in [9.17, 15) is 9.90 Å². The van der Waals surface area contributed by atoms with E-state index in [1.165, 1.54) is 0 Å².